The van der Waals surface area contributed by atoms with Crippen LogP contribution in [0.1, 0.15) is 34.1 Å². The number of methoxy groups -OCH3 is 1. The van der Waals surface area contributed by atoms with Crippen LogP contribution in [0.25, 0.3) is 0 Å². The van der Waals surface area contributed by atoms with Crippen LogP contribution >= 0.6 is 11.6 Å². The fourth-order valence-corrected chi connectivity index (χ4v) is 0.204. The minimum Gasteiger partial charge on any atom is -0.385 e. The third kappa shape index (κ3) is 147. The van der Waals surface area contributed by atoms with Crippen molar-refractivity contribution in [3.8, 4) is 0 Å². The molecule has 0 aromatic carbocycles. The van der Waals surface area contributed by atoms with Gasteiger partial charge >= 0.3 is 0 Å². The molecule has 0 atom stereocenters. The number of allylic oxidation sites excluding steroid dienone is 2. The highest BCUT2D eigenvalue weighted by Gasteiger charge is 1.66. The summed E-state index contributed by atoms with van der Waals surface area (Å²) >= 11 is 4.76. The number of halogens is 1. The van der Waals surface area contributed by atoms with Crippen molar-refractivity contribution in [3.63, 3.8) is 0 Å². The first kappa shape index (κ1) is 24.0. The van der Waals surface area contributed by atoms with Gasteiger partial charge in [-0.25, -0.2) is 0 Å². The van der Waals surface area contributed by atoms with Crippen LogP contribution in [0.15, 0.2) is 36.9 Å². The Balaban J connectivity index is -0.0000000574. The first-order valence-electron chi connectivity index (χ1n) is 5.08. The summed E-state index contributed by atoms with van der Waals surface area (Å²) in [5.74, 6) is 0. The summed E-state index contributed by atoms with van der Waals surface area (Å²) in [4.78, 5) is 0. The Morgan fingerprint density at radius 2 is 1.60 bits per heavy atom. The van der Waals surface area contributed by atoms with Gasteiger partial charge in [0.05, 0.1) is 0 Å². The van der Waals surface area contributed by atoms with E-state index in [4.69, 9.17) is 16.3 Å². The summed E-state index contributed by atoms with van der Waals surface area (Å²) < 4.78 is 4.69. The number of hydrogen-bond acceptors (Lipinski definition) is 1. The van der Waals surface area contributed by atoms with E-state index in [1.54, 1.807) is 13.2 Å². The normalized spacial score (nSPS) is 6.27. The molecule has 0 rings (SSSR count). The van der Waals surface area contributed by atoms with E-state index in [2.05, 4.69) is 26.7 Å². The molecule has 0 aliphatic heterocycles. The molecule has 0 radical (unpaired) electrons. The molecule has 0 bridgehead atoms. The average Bonchev–Trinajstić information content (AvgIpc) is 2.24. The molecule has 0 spiro atoms. The summed E-state index contributed by atoms with van der Waals surface area (Å²) in [6, 6.07) is 0. The smallest absolute Gasteiger partial charge is 0.0459 e. The molecular formula is C13H27ClO. The quantitative estimate of drug-likeness (QED) is 0.611. The minimum absolute atomic E-state index is 0.889. The van der Waals surface area contributed by atoms with Gasteiger partial charge in [-0.05, 0) is 18.9 Å². The van der Waals surface area contributed by atoms with Crippen LogP contribution in [0, 0.1) is 0 Å². The Kier molecular flexibility index (Phi) is 59.9. The van der Waals surface area contributed by atoms with Crippen LogP contribution in [-0.2, 0) is 4.74 Å². The van der Waals surface area contributed by atoms with Gasteiger partial charge in [0.25, 0.3) is 0 Å². The van der Waals surface area contributed by atoms with Gasteiger partial charge in [-0.3, -0.25) is 0 Å². The van der Waals surface area contributed by atoms with E-state index in [1.807, 2.05) is 20.8 Å². The van der Waals surface area contributed by atoms with Crippen molar-refractivity contribution in [2.45, 2.75) is 34.1 Å². The molecule has 0 aliphatic rings. The van der Waals surface area contributed by atoms with Crippen molar-refractivity contribution in [3.05, 3.63) is 36.9 Å². The highest BCUT2D eigenvalue weighted by atomic mass is 35.5. The third-order valence-electron chi connectivity index (χ3n) is 0.757. The molecule has 2 heteroatoms. The summed E-state index contributed by atoms with van der Waals surface area (Å²) in [5, 5.41) is 0. The highest BCUT2D eigenvalue weighted by molar-refractivity contribution is 6.25. The van der Waals surface area contributed by atoms with E-state index in [1.165, 1.54) is 5.54 Å². The first-order chi connectivity index (χ1) is 7.10. The average molecular weight is 235 g/mol. The second-order valence-corrected chi connectivity index (χ2v) is 2.51. The van der Waals surface area contributed by atoms with Gasteiger partial charge in [0.1, 0.15) is 0 Å². The lowest BCUT2D eigenvalue weighted by Gasteiger charge is -1.84. The van der Waals surface area contributed by atoms with E-state index in [9.17, 15) is 0 Å². The predicted octanol–water partition coefficient (Wildman–Crippen LogP) is 5.19. The minimum atomic E-state index is 0.889. The van der Waals surface area contributed by atoms with Gasteiger partial charge in [-0.2, -0.15) is 0 Å². The van der Waals surface area contributed by atoms with Crippen LogP contribution in [0.2, 0.25) is 0 Å². The molecule has 0 aromatic heterocycles. The fourth-order valence-electron chi connectivity index (χ4n) is 0.204. The van der Waals surface area contributed by atoms with E-state index >= 15 is 0 Å². The van der Waals surface area contributed by atoms with E-state index in [0.717, 1.165) is 18.6 Å². The number of ether oxygens (including phenoxy) is 1. The maximum Gasteiger partial charge on any atom is 0.0459 e. The van der Waals surface area contributed by atoms with E-state index < -0.39 is 0 Å². The maximum absolute atomic E-state index is 4.76. The molecule has 0 fully saturated rings. The predicted molar refractivity (Wildman–Crippen MR) is 74.6 cm³/mol. The summed E-state index contributed by atoms with van der Waals surface area (Å²) in [6.07, 6.45) is 2.84. The summed E-state index contributed by atoms with van der Waals surface area (Å²) in [5.41, 5.74) is 2.24. The van der Waals surface area contributed by atoms with Crippen LogP contribution in [0.3, 0.4) is 0 Å². The molecule has 0 aliphatic carbocycles. The molecular weight excluding hydrogens is 208 g/mol. The summed E-state index contributed by atoms with van der Waals surface area (Å²) in [6.45, 7) is 19.0. The van der Waals surface area contributed by atoms with Crippen molar-refractivity contribution >= 4 is 11.6 Å². The molecule has 0 amide bonds. The van der Waals surface area contributed by atoms with Crippen molar-refractivity contribution in [2.75, 3.05) is 13.7 Å². The Morgan fingerprint density at radius 1 is 1.33 bits per heavy atom. The van der Waals surface area contributed by atoms with Gasteiger partial charge < -0.3 is 4.74 Å². The Morgan fingerprint density at radius 3 is 1.60 bits per heavy atom. The van der Waals surface area contributed by atoms with Gasteiger partial charge in [0.15, 0.2) is 0 Å². The van der Waals surface area contributed by atoms with Crippen LogP contribution < -0.4 is 0 Å². The van der Waals surface area contributed by atoms with Gasteiger partial charge in [0, 0.05) is 13.7 Å². The first-order valence-corrected chi connectivity index (χ1v) is 5.52. The summed E-state index contributed by atoms with van der Waals surface area (Å²) in [7, 11) is 1.71. The number of hydrogen-bond donors (Lipinski definition) is 0. The van der Waals surface area contributed by atoms with Gasteiger partial charge in [-0.1, -0.05) is 63.8 Å². The standard InChI is InChI=1S/C5H8.C4H10O.C2H3Cl.C2H6/c1-4-5(2)3;1-3-4-5-2;1-2-3;1-2/h4H,1-2H2,3H3;3-4H2,1-2H3;2H,1H2;1-2H3. The lowest BCUT2D eigenvalue weighted by molar-refractivity contribution is 0.199. The lowest BCUT2D eigenvalue weighted by atomic mass is 10.4. The second kappa shape index (κ2) is 37.5. The Hall–Kier alpha value is -0.530. The second-order valence-electron chi connectivity index (χ2n) is 2.20. The van der Waals surface area contributed by atoms with Crippen LogP contribution in [-0.4, -0.2) is 13.7 Å². The molecule has 0 heterocycles. The zero-order chi connectivity index (χ0) is 13.1. The topological polar surface area (TPSA) is 9.23 Å². The van der Waals surface area contributed by atoms with Crippen LogP contribution in [0.5, 0.6) is 0 Å². The molecule has 0 aromatic rings. The molecule has 0 saturated heterocycles. The maximum atomic E-state index is 4.76. The lowest BCUT2D eigenvalue weighted by Crippen LogP contribution is -1.80. The van der Waals surface area contributed by atoms with E-state index in [0.29, 0.717) is 0 Å². The molecule has 0 saturated carbocycles. The zero-order valence-corrected chi connectivity index (χ0v) is 11.7. The largest absolute Gasteiger partial charge is 0.385 e. The van der Waals surface area contributed by atoms with Crippen molar-refractivity contribution in [2.24, 2.45) is 0 Å². The van der Waals surface area contributed by atoms with Crippen LogP contribution in [0.4, 0.5) is 0 Å². The van der Waals surface area contributed by atoms with E-state index in [-0.39, 0.29) is 0 Å². The Bertz CT molecular complexity index is 118. The monoisotopic (exact) mass is 234 g/mol. The molecule has 15 heavy (non-hydrogen) atoms. The highest BCUT2D eigenvalue weighted by Crippen LogP contribution is 1.81. The Labute approximate surface area is 101 Å². The molecule has 0 unspecified atom stereocenters. The molecule has 92 valence electrons. The third-order valence-corrected chi connectivity index (χ3v) is 0.757. The number of rotatable bonds is 3. The SMILES string of the molecule is C=CC(=C)C.C=CCl.CC.CCCOC. The van der Waals surface area contributed by atoms with Crippen molar-refractivity contribution in [1.29, 1.82) is 0 Å². The van der Waals surface area contributed by atoms with Crippen molar-refractivity contribution in [1.82, 2.24) is 0 Å². The molecule has 0 N–H and O–H groups in total. The van der Waals surface area contributed by atoms with Gasteiger partial charge in [0.2, 0.25) is 0 Å². The zero-order valence-electron chi connectivity index (χ0n) is 11.0. The molecule has 1 nitrogen and oxygen atoms in total. The fraction of sp³-hybridized carbons (Fsp3) is 0.538. The van der Waals surface area contributed by atoms with Gasteiger partial charge in [-0.15, -0.1) is 0 Å². The van der Waals surface area contributed by atoms with Crippen molar-refractivity contribution < 1.29 is 4.74 Å².